The molecule has 0 saturated heterocycles. The number of hydrogen-bond donors (Lipinski definition) is 0. The summed E-state index contributed by atoms with van der Waals surface area (Å²) in [6.45, 7) is -1.25. The number of hydrogen-bond acceptors (Lipinski definition) is 1. The van der Waals surface area contributed by atoms with Crippen molar-refractivity contribution in [3.63, 3.8) is 0 Å². The van der Waals surface area contributed by atoms with Gasteiger partial charge in [-0.1, -0.05) is 24.3 Å². The minimum absolute atomic E-state index is 0.338. The number of anilines is 1. The summed E-state index contributed by atoms with van der Waals surface area (Å²) in [7, 11) is 0. The summed E-state index contributed by atoms with van der Waals surface area (Å²) >= 11 is 0. The number of benzene rings is 2. The fourth-order valence-electron chi connectivity index (χ4n) is 2.32. The van der Waals surface area contributed by atoms with Crippen LogP contribution in [0.15, 0.2) is 36.4 Å². The van der Waals surface area contributed by atoms with Gasteiger partial charge in [-0.3, -0.25) is 9.69 Å². The molecule has 0 aromatic heterocycles. The van der Waals surface area contributed by atoms with Gasteiger partial charge in [0.15, 0.2) is 0 Å². The molecule has 0 aliphatic carbocycles. The molecule has 3 rings (SSSR count). The lowest BCUT2D eigenvalue weighted by molar-refractivity contribution is -0.118. The first-order chi connectivity index (χ1) is 8.47. The van der Waals surface area contributed by atoms with Crippen LogP contribution in [0.2, 0.25) is 0 Å². The van der Waals surface area contributed by atoms with Crippen LogP contribution in [0.1, 0.15) is 10.4 Å². The van der Waals surface area contributed by atoms with Crippen LogP contribution in [0, 0.1) is 0 Å². The molecule has 92 valence electrons. The average molecular weight is 251 g/mol. The summed E-state index contributed by atoms with van der Waals surface area (Å²) in [5.41, 5.74) is 0.678. The Bertz CT molecular complexity index is 643. The van der Waals surface area contributed by atoms with Gasteiger partial charge in [-0.25, -0.2) is 0 Å². The molecule has 0 bridgehead atoms. The van der Waals surface area contributed by atoms with Crippen LogP contribution in [-0.2, 0) is 0 Å². The summed E-state index contributed by atoms with van der Waals surface area (Å²) in [6, 6.07) is 10.0. The Hall–Kier alpha value is -2.04. The number of alkyl halides is 3. The van der Waals surface area contributed by atoms with Crippen molar-refractivity contribution in [3.05, 3.63) is 42.0 Å². The van der Waals surface area contributed by atoms with E-state index in [0.29, 0.717) is 16.6 Å². The monoisotopic (exact) mass is 251 g/mol. The zero-order chi connectivity index (χ0) is 12.9. The van der Waals surface area contributed by atoms with Crippen LogP contribution in [0.5, 0.6) is 0 Å². The Balaban J connectivity index is 2.20. The maximum absolute atomic E-state index is 12.5. The summed E-state index contributed by atoms with van der Waals surface area (Å²) < 4.78 is 37.5. The third kappa shape index (κ3) is 1.54. The zero-order valence-electron chi connectivity index (χ0n) is 9.16. The molecule has 0 atom stereocenters. The number of nitrogens with zero attached hydrogens (tertiary/aromatic N) is 1. The molecule has 18 heavy (non-hydrogen) atoms. The van der Waals surface area contributed by atoms with Gasteiger partial charge >= 0.3 is 6.18 Å². The molecule has 1 aliphatic heterocycles. The molecule has 2 aromatic rings. The molecule has 1 amide bonds. The Labute approximate surface area is 101 Å². The summed E-state index contributed by atoms with van der Waals surface area (Å²) in [6.07, 6.45) is -4.40. The molecule has 0 unspecified atom stereocenters. The molecular formula is C13H8F3NO. The number of carbonyl (C=O) groups is 1. The SMILES string of the molecule is O=C1c2cccc3cccc(c23)N1CC(F)(F)F. The van der Waals surface area contributed by atoms with Crippen LogP contribution in [0.4, 0.5) is 18.9 Å². The van der Waals surface area contributed by atoms with E-state index in [1.54, 1.807) is 36.4 Å². The van der Waals surface area contributed by atoms with Crippen molar-refractivity contribution in [2.24, 2.45) is 0 Å². The van der Waals surface area contributed by atoms with Crippen molar-refractivity contribution < 1.29 is 18.0 Å². The minimum atomic E-state index is -4.40. The molecule has 0 fully saturated rings. The topological polar surface area (TPSA) is 20.3 Å². The van der Waals surface area contributed by atoms with E-state index in [0.717, 1.165) is 10.3 Å². The Morgan fingerprint density at radius 3 is 2.39 bits per heavy atom. The van der Waals surface area contributed by atoms with Crippen molar-refractivity contribution in [1.82, 2.24) is 0 Å². The number of rotatable bonds is 1. The van der Waals surface area contributed by atoms with Gasteiger partial charge in [0.05, 0.1) is 5.69 Å². The first-order valence-electron chi connectivity index (χ1n) is 5.38. The van der Waals surface area contributed by atoms with Crippen molar-refractivity contribution >= 4 is 22.4 Å². The highest BCUT2D eigenvalue weighted by Gasteiger charge is 2.38. The largest absolute Gasteiger partial charge is 0.406 e. The predicted molar refractivity (Wildman–Crippen MR) is 61.7 cm³/mol. The number of halogens is 3. The first kappa shape index (κ1) is 11.1. The van der Waals surface area contributed by atoms with Crippen LogP contribution in [-0.4, -0.2) is 18.6 Å². The second-order valence-electron chi connectivity index (χ2n) is 4.19. The Kier molecular flexibility index (Phi) is 2.14. The van der Waals surface area contributed by atoms with Gasteiger partial charge in [-0.2, -0.15) is 13.2 Å². The van der Waals surface area contributed by atoms with Crippen molar-refractivity contribution in [3.8, 4) is 0 Å². The quantitative estimate of drug-likeness (QED) is 0.761. The van der Waals surface area contributed by atoms with Gasteiger partial charge in [0.1, 0.15) is 6.54 Å². The van der Waals surface area contributed by atoms with Gasteiger partial charge in [0, 0.05) is 10.9 Å². The molecule has 2 aromatic carbocycles. The van der Waals surface area contributed by atoms with Gasteiger partial charge in [-0.15, -0.1) is 0 Å². The summed E-state index contributed by atoms with van der Waals surface area (Å²) in [5.74, 6) is -0.584. The van der Waals surface area contributed by atoms with E-state index in [2.05, 4.69) is 0 Å². The molecule has 0 spiro atoms. The maximum atomic E-state index is 12.5. The van der Waals surface area contributed by atoms with Gasteiger partial charge in [0.25, 0.3) is 5.91 Å². The third-order valence-corrected chi connectivity index (χ3v) is 2.99. The van der Waals surface area contributed by atoms with Gasteiger partial charge < -0.3 is 0 Å². The second kappa shape index (κ2) is 3.48. The highest BCUT2D eigenvalue weighted by atomic mass is 19.4. The lowest BCUT2D eigenvalue weighted by Crippen LogP contribution is -2.36. The van der Waals surface area contributed by atoms with Crippen LogP contribution in [0.3, 0.4) is 0 Å². The normalized spacial score (nSPS) is 14.6. The van der Waals surface area contributed by atoms with Gasteiger partial charge in [0.2, 0.25) is 0 Å². The zero-order valence-corrected chi connectivity index (χ0v) is 9.16. The Morgan fingerprint density at radius 1 is 1.06 bits per heavy atom. The molecular weight excluding hydrogens is 243 g/mol. The summed E-state index contributed by atoms with van der Waals surface area (Å²) in [4.78, 5) is 12.8. The van der Waals surface area contributed by atoms with E-state index in [1.165, 1.54) is 0 Å². The molecule has 1 heterocycles. The second-order valence-corrected chi connectivity index (χ2v) is 4.19. The fraction of sp³-hybridized carbons (Fsp3) is 0.154. The van der Waals surface area contributed by atoms with E-state index in [1.807, 2.05) is 0 Å². The molecule has 2 nitrogen and oxygen atoms in total. The number of carbonyl (C=O) groups excluding carboxylic acids is 1. The van der Waals surface area contributed by atoms with Crippen molar-refractivity contribution in [1.29, 1.82) is 0 Å². The lowest BCUT2D eigenvalue weighted by atomic mass is 10.1. The molecule has 1 aliphatic rings. The Morgan fingerprint density at radius 2 is 1.72 bits per heavy atom. The molecule has 0 saturated carbocycles. The highest BCUT2D eigenvalue weighted by Crippen LogP contribution is 2.38. The minimum Gasteiger partial charge on any atom is -0.299 e. The van der Waals surface area contributed by atoms with E-state index < -0.39 is 18.6 Å². The van der Waals surface area contributed by atoms with Crippen molar-refractivity contribution in [2.75, 3.05) is 11.4 Å². The molecule has 0 N–H and O–H groups in total. The van der Waals surface area contributed by atoms with Crippen LogP contribution < -0.4 is 4.90 Å². The standard InChI is InChI=1S/C13H8F3NO/c14-13(15,16)7-17-10-6-2-4-8-3-1-5-9(11(8)10)12(17)18/h1-6H,7H2. The molecule has 5 heteroatoms. The third-order valence-electron chi connectivity index (χ3n) is 2.99. The maximum Gasteiger partial charge on any atom is 0.406 e. The van der Waals surface area contributed by atoms with E-state index in [-0.39, 0.29) is 0 Å². The lowest BCUT2D eigenvalue weighted by Gasteiger charge is -2.19. The van der Waals surface area contributed by atoms with Gasteiger partial charge in [-0.05, 0) is 17.5 Å². The first-order valence-corrected chi connectivity index (χ1v) is 5.38. The van der Waals surface area contributed by atoms with E-state index in [9.17, 15) is 18.0 Å². The van der Waals surface area contributed by atoms with Crippen LogP contribution in [0.25, 0.3) is 10.8 Å². The number of amides is 1. The average Bonchev–Trinajstić information content (AvgIpc) is 2.56. The van der Waals surface area contributed by atoms with E-state index in [4.69, 9.17) is 0 Å². The highest BCUT2D eigenvalue weighted by molar-refractivity contribution is 6.25. The predicted octanol–water partition coefficient (Wildman–Crippen LogP) is 3.36. The summed E-state index contributed by atoms with van der Waals surface area (Å²) in [5, 5.41) is 1.39. The van der Waals surface area contributed by atoms with E-state index >= 15 is 0 Å². The van der Waals surface area contributed by atoms with Crippen LogP contribution >= 0.6 is 0 Å². The van der Waals surface area contributed by atoms with Crippen molar-refractivity contribution in [2.45, 2.75) is 6.18 Å². The smallest absolute Gasteiger partial charge is 0.299 e. The fourth-order valence-corrected chi connectivity index (χ4v) is 2.32. The molecule has 0 radical (unpaired) electrons.